The van der Waals surface area contributed by atoms with E-state index in [1.165, 1.54) is 4.90 Å². The summed E-state index contributed by atoms with van der Waals surface area (Å²) in [5, 5.41) is 5.34. The SMILES string of the molecule is CCC(C)C(NC(=O)C1CCCN1C(=O)C1CCC(=O)N1)C(N)=O. The van der Waals surface area contributed by atoms with Crippen molar-refractivity contribution in [1.29, 1.82) is 0 Å². The predicted molar refractivity (Wildman–Crippen MR) is 86.5 cm³/mol. The normalized spacial score (nSPS) is 25.9. The van der Waals surface area contributed by atoms with Gasteiger partial charge in [0.2, 0.25) is 23.6 Å². The molecule has 2 aliphatic heterocycles. The van der Waals surface area contributed by atoms with Crippen molar-refractivity contribution in [2.24, 2.45) is 11.7 Å². The summed E-state index contributed by atoms with van der Waals surface area (Å²) in [7, 11) is 0. The zero-order valence-electron chi connectivity index (χ0n) is 14.2. The lowest BCUT2D eigenvalue weighted by Crippen LogP contribution is -2.56. The van der Waals surface area contributed by atoms with Crippen molar-refractivity contribution >= 4 is 23.6 Å². The molecule has 0 aromatic carbocycles. The minimum atomic E-state index is -0.744. The van der Waals surface area contributed by atoms with Gasteiger partial charge in [-0.15, -0.1) is 0 Å². The molecule has 134 valence electrons. The molecule has 4 amide bonds. The Balaban J connectivity index is 2.03. The molecule has 0 saturated carbocycles. The molecule has 2 rings (SSSR count). The smallest absolute Gasteiger partial charge is 0.245 e. The molecular weight excluding hydrogens is 312 g/mol. The van der Waals surface area contributed by atoms with E-state index in [1.807, 2.05) is 13.8 Å². The summed E-state index contributed by atoms with van der Waals surface area (Å²) in [4.78, 5) is 49.5. The van der Waals surface area contributed by atoms with Gasteiger partial charge in [0.25, 0.3) is 0 Å². The number of hydrogen-bond donors (Lipinski definition) is 3. The number of carbonyl (C=O) groups excluding carboxylic acids is 4. The fraction of sp³-hybridized carbons (Fsp3) is 0.750. The van der Waals surface area contributed by atoms with Crippen molar-refractivity contribution in [3.8, 4) is 0 Å². The number of likely N-dealkylation sites (tertiary alicyclic amines) is 1. The van der Waals surface area contributed by atoms with Gasteiger partial charge in [0, 0.05) is 13.0 Å². The van der Waals surface area contributed by atoms with Crippen LogP contribution in [0.15, 0.2) is 0 Å². The van der Waals surface area contributed by atoms with Crippen molar-refractivity contribution in [3.05, 3.63) is 0 Å². The van der Waals surface area contributed by atoms with Crippen LogP contribution in [-0.4, -0.2) is 53.2 Å². The van der Waals surface area contributed by atoms with Gasteiger partial charge in [0.1, 0.15) is 18.1 Å². The van der Waals surface area contributed by atoms with Crippen LogP contribution in [0.25, 0.3) is 0 Å². The Labute approximate surface area is 141 Å². The Morgan fingerprint density at radius 1 is 1.38 bits per heavy atom. The van der Waals surface area contributed by atoms with Gasteiger partial charge < -0.3 is 21.3 Å². The van der Waals surface area contributed by atoms with Gasteiger partial charge in [-0.1, -0.05) is 20.3 Å². The zero-order valence-corrected chi connectivity index (χ0v) is 14.2. The summed E-state index contributed by atoms with van der Waals surface area (Å²) in [6, 6.07) is -1.90. The maximum atomic E-state index is 12.6. The molecule has 24 heavy (non-hydrogen) atoms. The van der Waals surface area contributed by atoms with Gasteiger partial charge in [-0.3, -0.25) is 19.2 Å². The standard InChI is InChI=1S/C16H26N4O4/c1-3-9(2)13(14(17)22)19-15(23)11-5-4-8-20(11)16(24)10-6-7-12(21)18-10/h9-11,13H,3-8H2,1-2H3,(H2,17,22)(H,18,21)(H,19,23). The number of rotatable bonds is 6. The molecular formula is C16H26N4O4. The van der Waals surface area contributed by atoms with Crippen LogP contribution in [0.4, 0.5) is 0 Å². The summed E-state index contributed by atoms with van der Waals surface area (Å²) in [5.41, 5.74) is 5.39. The minimum Gasteiger partial charge on any atom is -0.368 e. The highest BCUT2D eigenvalue weighted by atomic mass is 16.2. The second-order valence-electron chi connectivity index (χ2n) is 6.62. The first-order chi connectivity index (χ1) is 11.3. The van der Waals surface area contributed by atoms with E-state index in [1.54, 1.807) is 0 Å². The van der Waals surface area contributed by atoms with Crippen LogP contribution < -0.4 is 16.4 Å². The molecule has 2 heterocycles. The summed E-state index contributed by atoms with van der Waals surface area (Å²) in [6.07, 6.45) is 2.76. The van der Waals surface area contributed by atoms with Crippen LogP contribution in [0, 0.1) is 5.92 Å². The number of amides is 4. The van der Waals surface area contributed by atoms with Crippen molar-refractivity contribution in [3.63, 3.8) is 0 Å². The van der Waals surface area contributed by atoms with Crippen LogP contribution in [0.2, 0.25) is 0 Å². The maximum absolute atomic E-state index is 12.6. The van der Waals surface area contributed by atoms with Crippen molar-refractivity contribution in [2.45, 2.75) is 64.1 Å². The summed E-state index contributed by atoms with van der Waals surface area (Å²) >= 11 is 0. The van der Waals surface area contributed by atoms with Gasteiger partial charge in [0.15, 0.2) is 0 Å². The van der Waals surface area contributed by atoms with E-state index in [9.17, 15) is 19.2 Å². The van der Waals surface area contributed by atoms with Crippen molar-refractivity contribution < 1.29 is 19.2 Å². The van der Waals surface area contributed by atoms with Crippen LogP contribution in [0.5, 0.6) is 0 Å². The molecule has 8 nitrogen and oxygen atoms in total. The third kappa shape index (κ3) is 3.85. The van der Waals surface area contributed by atoms with E-state index in [-0.39, 0.29) is 23.6 Å². The summed E-state index contributed by atoms with van der Waals surface area (Å²) in [5.74, 6) is -1.37. The Kier molecular flexibility index (Phi) is 5.80. The molecule has 0 aromatic heterocycles. The van der Waals surface area contributed by atoms with Gasteiger partial charge in [-0.05, 0) is 25.2 Å². The number of nitrogens with one attached hydrogen (secondary N) is 2. The molecule has 2 saturated heterocycles. The van der Waals surface area contributed by atoms with E-state index in [4.69, 9.17) is 5.73 Å². The second kappa shape index (κ2) is 7.63. The van der Waals surface area contributed by atoms with Gasteiger partial charge >= 0.3 is 0 Å². The van der Waals surface area contributed by atoms with Crippen molar-refractivity contribution in [1.82, 2.24) is 15.5 Å². The first-order valence-corrected chi connectivity index (χ1v) is 8.54. The second-order valence-corrected chi connectivity index (χ2v) is 6.62. The molecule has 0 radical (unpaired) electrons. The monoisotopic (exact) mass is 338 g/mol. The molecule has 0 bridgehead atoms. The topological polar surface area (TPSA) is 122 Å². The third-order valence-corrected chi connectivity index (χ3v) is 4.95. The van der Waals surface area contributed by atoms with Gasteiger partial charge in [-0.2, -0.15) is 0 Å². The Hall–Kier alpha value is -2.12. The molecule has 4 N–H and O–H groups in total. The lowest BCUT2D eigenvalue weighted by molar-refractivity contribution is -0.141. The molecule has 4 unspecified atom stereocenters. The first kappa shape index (κ1) is 18.2. The highest BCUT2D eigenvalue weighted by Gasteiger charge is 2.40. The predicted octanol–water partition coefficient (Wildman–Crippen LogP) is -0.728. The molecule has 0 aliphatic carbocycles. The Morgan fingerprint density at radius 2 is 2.08 bits per heavy atom. The average Bonchev–Trinajstić information content (AvgIpc) is 3.19. The largest absolute Gasteiger partial charge is 0.368 e. The number of hydrogen-bond acceptors (Lipinski definition) is 4. The van der Waals surface area contributed by atoms with Crippen LogP contribution in [0.3, 0.4) is 0 Å². The highest BCUT2D eigenvalue weighted by molar-refractivity contribution is 5.95. The highest BCUT2D eigenvalue weighted by Crippen LogP contribution is 2.21. The maximum Gasteiger partial charge on any atom is 0.245 e. The Bertz CT molecular complexity index is 536. The number of primary amides is 1. The van der Waals surface area contributed by atoms with E-state index < -0.39 is 24.0 Å². The summed E-state index contributed by atoms with van der Waals surface area (Å²) in [6.45, 7) is 4.25. The molecule has 8 heteroatoms. The molecule has 0 aromatic rings. The molecule has 2 aliphatic rings. The van der Waals surface area contributed by atoms with E-state index >= 15 is 0 Å². The van der Waals surface area contributed by atoms with Crippen LogP contribution in [0.1, 0.15) is 46.0 Å². The molecule has 0 spiro atoms. The number of nitrogens with zero attached hydrogens (tertiary/aromatic N) is 1. The van der Waals surface area contributed by atoms with E-state index in [0.29, 0.717) is 32.2 Å². The summed E-state index contributed by atoms with van der Waals surface area (Å²) < 4.78 is 0. The van der Waals surface area contributed by atoms with Crippen LogP contribution >= 0.6 is 0 Å². The number of carbonyl (C=O) groups is 4. The Morgan fingerprint density at radius 3 is 2.62 bits per heavy atom. The lowest BCUT2D eigenvalue weighted by atomic mass is 9.98. The molecule has 2 fully saturated rings. The average molecular weight is 338 g/mol. The zero-order chi connectivity index (χ0) is 17.9. The fourth-order valence-electron chi connectivity index (χ4n) is 3.28. The fourth-order valence-corrected chi connectivity index (χ4v) is 3.28. The van der Waals surface area contributed by atoms with Gasteiger partial charge in [0.05, 0.1) is 0 Å². The van der Waals surface area contributed by atoms with E-state index in [2.05, 4.69) is 10.6 Å². The van der Waals surface area contributed by atoms with Gasteiger partial charge in [-0.25, -0.2) is 0 Å². The third-order valence-electron chi connectivity index (χ3n) is 4.95. The van der Waals surface area contributed by atoms with Crippen LogP contribution in [-0.2, 0) is 19.2 Å². The quantitative estimate of drug-likeness (QED) is 0.591. The lowest BCUT2D eigenvalue weighted by Gasteiger charge is -2.29. The minimum absolute atomic E-state index is 0.0777. The van der Waals surface area contributed by atoms with Crippen molar-refractivity contribution in [2.75, 3.05) is 6.54 Å². The van der Waals surface area contributed by atoms with E-state index in [0.717, 1.165) is 6.42 Å². The first-order valence-electron chi connectivity index (χ1n) is 8.54. The molecule has 4 atom stereocenters. The number of nitrogens with two attached hydrogens (primary N) is 1.